The second-order valence-corrected chi connectivity index (χ2v) is 5.03. The monoisotopic (exact) mass is 210 g/mol. The molecule has 3 atom stereocenters. The highest BCUT2D eigenvalue weighted by atomic mass is 14.9. The van der Waals surface area contributed by atoms with Crippen LogP contribution in [0.3, 0.4) is 0 Å². The number of aromatic amines is 1. The third kappa shape index (κ3) is 1.10. The van der Waals surface area contributed by atoms with E-state index in [9.17, 15) is 0 Å². The lowest BCUT2D eigenvalue weighted by Crippen LogP contribution is -2.06. The first-order valence-corrected chi connectivity index (χ1v) is 6.03. The van der Waals surface area contributed by atoms with E-state index in [-0.39, 0.29) is 0 Å². The molecule has 2 heteroatoms. The van der Waals surface area contributed by atoms with Gasteiger partial charge >= 0.3 is 0 Å². The fourth-order valence-corrected chi connectivity index (χ4v) is 3.24. The lowest BCUT2D eigenvalue weighted by molar-refractivity contribution is 0.559. The van der Waals surface area contributed by atoms with Crippen LogP contribution in [0.15, 0.2) is 36.4 Å². The van der Waals surface area contributed by atoms with Crippen molar-refractivity contribution < 1.29 is 0 Å². The maximum atomic E-state index is 4.72. The van der Waals surface area contributed by atoms with Crippen LogP contribution in [0.25, 0.3) is 11.0 Å². The number of allylic oxidation sites excluding steroid dienone is 2. The van der Waals surface area contributed by atoms with Crippen LogP contribution < -0.4 is 0 Å². The average molecular weight is 210 g/mol. The van der Waals surface area contributed by atoms with Crippen LogP contribution in [0, 0.1) is 11.8 Å². The second-order valence-electron chi connectivity index (χ2n) is 5.03. The Hall–Kier alpha value is -1.57. The molecule has 0 aliphatic heterocycles. The van der Waals surface area contributed by atoms with Crippen molar-refractivity contribution in [2.24, 2.45) is 11.8 Å². The lowest BCUT2D eigenvalue weighted by Gasteiger charge is -2.14. The van der Waals surface area contributed by atoms with Gasteiger partial charge in [0, 0.05) is 5.92 Å². The van der Waals surface area contributed by atoms with Gasteiger partial charge in [-0.15, -0.1) is 0 Å². The van der Waals surface area contributed by atoms with E-state index in [4.69, 9.17) is 4.98 Å². The number of hydrogen-bond acceptors (Lipinski definition) is 1. The summed E-state index contributed by atoms with van der Waals surface area (Å²) in [6.07, 6.45) is 7.37. The Balaban J connectivity index is 1.80. The summed E-state index contributed by atoms with van der Waals surface area (Å²) in [7, 11) is 0. The van der Waals surface area contributed by atoms with E-state index < -0.39 is 0 Å². The summed E-state index contributed by atoms with van der Waals surface area (Å²) in [6.45, 7) is 0. The molecule has 1 aromatic carbocycles. The summed E-state index contributed by atoms with van der Waals surface area (Å²) in [6, 6.07) is 8.30. The number of para-hydroxylation sites is 2. The fraction of sp³-hybridized carbons (Fsp3) is 0.357. The minimum atomic E-state index is 0.627. The fourth-order valence-electron chi connectivity index (χ4n) is 3.24. The summed E-state index contributed by atoms with van der Waals surface area (Å²) in [5.41, 5.74) is 2.27. The van der Waals surface area contributed by atoms with Gasteiger partial charge in [0.15, 0.2) is 0 Å². The molecule has 0 saturated heterocycles. The maximum absolute atomic E-state index is 4.72. The molecule has 1 N–H and O–H groups in total. The minimum Gasteiger partial charge on any atom is -0.342 e. The quantitative estimate of drug-likeness (QED) is 0.719. The maximum Gasteiger partial charge on any atom is 0.110 e. The predicted molar refractivity (Wildman–Crippen MR) is 64.2 cm³/mol. The Kier molecular flexibility index (Phi) is 1.59. The number of benzene rings is 1. The molecule has 0 radical (unpaired) electrons. The van der Waals surface area contributed by atoms with Crippen molar-refractivity contribution in [2.45, 2.75) is 18.8 Å². The van der Waals surface area contributed by atoms with E-state index in [2.05, 4.69) is 35.3 Å². The van der Waals surface area contributed by atoms with Crippen molar-refractivity contribution in [1.82, 2.24) is 9.97 Å². The first-order chi connectivity index (χ1) is 7.90. The molecule has 0 spiro atoms. The van der Waals surface area contributed by atoms with Gasteiger partial charge in [-0.1, -0.05) is 24.3 Å². The summed E-state index contributed by atoms with van der Waals surface area (Å²) >= 11 is 0. The van der Waals surface area contributed by atoms with Gasteiger partial charge < -0.3 is 4.98 Å². The molecule has 2 bridgehead atoms. The van der Waals surface area contributed by atoms with E-state index >= 15 is 0 Å². The van der Waals surface area contributed by atoms with Crippen LogP contribution >= 0.6 is 0 Å². The largest absolute Gasteiger partial charge is 0.342 e. The molecule has 1 saturated carbocycles. The van der Waals surface area contributed by atoms with Crippen molar-refractivity contribution in [1.29, 1.82) is 0 Å². The van der Waals surface area contributed by atoms with Crippen LogP contribution in [0.1, 0.15) is 24.6 Å². The van der Waals surface area contributed by atoms with Gasteiger partial charge in [-0.05, 0) is 36.8 Å². The predicted octanol–water partition coefficient (Wildman–Crippen LogP) is 3.24. The summed E-state index contributed by atoms with van der Waals surface area (Å²) < 4.78 is 0. The topological polar surface area (TPSA) is 28.7 Å². The summed E-state index contributed by atoms with van der Waals surface area (Å²) in [4.78, 5) is 8.20. The normalized spacial score (nSPS) is 31.6. The van der Waals surface area contributed by atoms with Crippen molar-refractivity contribution in [2.75, 3.05) is 0 Å². The number of imidazole rings is 1. The lowest BCUT2D eigenvalue weighted by atomic mass is 9.93. The molecule has 2 nitrogen and oxygen atoms in total. The Labute approximate surface area is 94.4 Å². The molecule has 4 rings (SSSR count). The molecule has 1 aromatic heterocycles. The van der Waals surface area contributed by atoms with E-state index in [1.165, 1.54) is 24.2 Å². The van der Waals surface area contributed by atoms with Crippen LogP contribution in [0.5, 0.6) is 0 Å². The van der Waals surface area contributed by atoms with Gasteiger partial charge in [0.25, 0.3) is 0 Å². The molecular formula is C14H14N2. The SMILES string of the molecule is C1=CC2CC1CC2c1nc2ccccc2[nH]1. The summed E-state index contributed by atoms with van der Waals surface area (Å²) in [5, 5.41) is 0. The zero-order chi connectivity index (χ0) is 10.5. The average Bonchev–Trinajstić information content (AvgIpc) is 3.02. The van der Waals surface area contributed by atoms with Crippen molar-refractivity contribution in [3.8, 4) is 0 Å². The molecule has 3 unspecified atom stereocenters. The highest BCUT2D eigenvalue weighted by molar-refractivity contribution is 5.74. The van der Waals surface area contributed by atoms with Crippen molar-refractivity contribution in [3.05, 3.63) is 42.2 Å². The van der Waals surface area contributed by atoms with E-state index in [1.54, 1.807) is 0 Å². The highest BCUT2D eigenvalue weighted by Gasteiger charge is 2.37. The number of fused-ring (bicyclic) bond motifs is 3. The number of nitrogens with one attached hydrogen (secondary N) is 1. The van der Waals surface area contributed by atoms with Crippen LogP contribution in [-0.4, -0.2) is 9.97 Å². The smallest absolute Gasteiger partial charge is 0.110 e. The molecular weight excluding hydrogens is 196 g/mol. The zero-order valence-corrected chi connectivity index (χ0v) is 9.06. The summed E-state index contributed by atoms with van der Waals surface area (Å²) in [5.74, 6) is 3.36. The van der Waals surface area contributed by atoms with E-state index in [0.29, 0.717) is 5.92 Å². The first kappa shape index (κ1) is 8.57. The van der Waals surface area contributed by atoms with Gasteiger partial charge in [-0.2, -0.15) is 0 Å². The van der Waals surface area contributed by atoms with Crippen LogP contribution in [0.4, 0.5) is 0 Å². The van der Waals surface area contributed by atoms with Crippen molar-refractivity contribution in [3.63, 3.8) is 0 Å². The minimum absolute atomic E-state index is 0.627. The van der Waals surface area contributed by atoms with Crippen LogP contribution in [-0.2, 0) is 0 Å². The number of aromatic nitrogens is 2. The van der Waals surface area contributed by atoms with Gasteiger partial charge in [-0.3, -0.25) is 0 Å². The standard InChI is InChI=1S/C14H14N2/c1-2-4-13-12(3-1)15-14(16-13)11-8-9-5-6-10(11)7-9/h1-6,9-11H,7-8H2,(H,15,16). The molecule has 0 amide bonds. The third-order valence-electron chi connectivity index (χ3n) is 4.04. The molecule has 1 heterocycles. The highest BCUT2D eigenvalue weighted by Crippen LogP contribution is 2.48. The number of hydrogen-bond donors (Lipinski definition) is 1. The van der Waals surface area contributed by atoms with Gasteiger partial charge in [0.05, 0.1) is 11.0 Å². The molecule has 1 fully saturated rings. The Bertz CT molecular complexity index is 534. The Morgan fingerprint density at radius 1 is 1.12 bits per heavy atom. The first-order valence-electron chi connectivity index (χ1n) is 6.03. The van der Waals surface area contributed by atoms with Crippen molar-refractivity contribution >= 4 is 11.0 Å². The molecule has 80 valence electrons. The Morgan fingerprint density at radius 2 is 2.06 bits per heavy atom. The van der Waals surface area contributed by atoms with Gasteiger partial charge in [0.1, 0.15) is 5.82 Å². The molecule has 2 aliphatic rings. The molecule has 16 heavy (non-hydrogen) atoms. The van der Waals surface area contributed by atoms with E-state index in [1.807, 2.05) is 6.07 Å². The van der Waals surface area contributed by atoms with Gasteiger partial charge in [-0.25, -0.2) is 4.98 Å². The van der Waals surface area contributed by atoms with E-state index in [0.717, 1.165) is 17.4 Å². The Morgan fingerprint density at radius 3 is 2.81 bits per heavy atom. The molecule has 2 aromatic rings. The van der Waals surface area contributed by atoms with Gasteiger partial charge in [0.2, 0.25) is 0 Å². The molecule has 2 aliphatic carbocycles. The number of H-pyrrole nitrogens is 1. The third-order valence-corrected chi connectivity index (χ3v) is 4.04. The number of rotatable bonds is 1. The second kappa shape index (κ2) is 2.97. The van der Waals surface area contributed by atoms with Crippen LogP contribution in [0.2, 0.25) is 0 Å². The zero-order valence-electron chi connectivity index (χ0n) is 9.06. The number of nitrogens with zero attached hydrogens (tertiary/aromatic N) is 1.